The van der Waals surface area contributed by atoms with Crippen molar-refractivity contribution in [3.63, 3.8) is 0 Å². The summed E-state index contributed by atoms with van der Waals surface area (Å²) in [4.78, 5) is 14.5. The first-order valence-electron chi connectivity index (χ1n) is 8.55. The van der Waals surface area contributed by atoms with Gasteiger partial charge in [-0.3, -0.25) is 9.36 Å². The Hall–Kier alpha value is -1.82. The lowest BCUT2D eigenvalue weighted by Crippen LogP contribution is -2.33. The van der Waals surface area contributed by atoms with Crippen LogP contribution in [0.2, 0.25) is 0 Å². The minimum atomic E-state index is 0.206. The lowest BCUT2D eigenvalue weighted by molar-refractivity contribution is -0.128. The van der Waals surface area contributed by atoms with Crippen LogP contribution in [0.1, 0.15) is 37.1 Å². The van der Waals surface area contributed by atoms with Crippen molar-refractivity contribution in [1.82, 2.24) is 19.7 Å². The maximum Gasteiger partial charge on any atom is 0.233 e. The molecular weight excluding hydrogens is 320 g/mol. The molecular formula is C18H24N4OS. The summed E-state index contributed by atoms with van der Waals surface area (Å²) in [5, 5.41) is 9.22. The Morgan fingerprint density at radius 2 is 1.71 bits per heavy atom. The maximum absolute atomic E-state index is 12.5. The number of aromatic nitrogens is 3. The number of hydrogen-bond acceptors (Lipinski definition) is 4. The quantitative estimate of drug-likeness (QED) is 0.798. The van der Waals surface area contributed by atoms with E-state index in [4.69, 9.17) is 0 Å². The third kappa shape index (κ3) is 3.98. The summed E-state index contributed by atoms with van der Waals surface area (Å²) in [6, 6.07) is 8.27. The predicted molar refractivity (Wildman–Crippen MR) is 96.6 cm³/mol. The molecule has 5 nitrogen and oxygen atoms in total. The van der Waals surface area contributed by atoms with E-state index < -0.39 is 0 Å². The van der Waals surface area contributed by atoms with Gasteiger partial charge in [0.25, 0.3) is 0 Å². The highest BCUT2D eigenvalue weighted by atomic mass is 32.2. The van der Waals surface area contributed by atoms with Gasteiger partial charge in [0.05, 0.1) is 5.75 Å². The molecule has 1 aliphatic rings. The SMILES string of the molecule is Cc1ccc(-n2c(C)nnc2SCC(=O)N2CCCCCC2)cc1. The van der Waals surface area contributed by atoms with Crippen molar-refractivity contribution in [1.29, 1.82) is 0 Å². The first kappa shape index (κ1) is 17.0. The number of carbonyl (C=O) groups is 1. The third-order valence-corrected chi connectivity index (χ3v) is 5.28. The highest BCUT2D eigenvalue weighted by molar-refractivity contribution is 7.99. The van der Waals surface area contributed by atoms with Gasteiger partial charge in [-0.15, -0.1) is 10.2 Å². The molecule has 0 atom stereocenters. The van der Waals surface area contributed by atoms with Crippen LogP contribution in [0.5, 0.6) is 0 Å². The molecule has 0 bridgehead atoms. The number of carbonyl (C=O) groups excluding carboxylic acids is 1. The Balaban J connectivity index is 1.69. The number of hydrogen-bond donors (Lipinski definition) is 0. The molecule has 1 saturated heterocycles. The lowest BCUT2D eigenvalue weighted by atomic mass is 10.2. The van der Waals surface area contributed by atoms with Crippen LogP contribution in [0, 0.1) is 13.8 Å². The molecule has 0 saturated carbocycles. The van der Waals surface area contributed by atoms with Crippen molar-refractivity contribution in [2.24, 2.45) is 0 Å². The van der Waals surface area contributed by atoms with Gasteiger partial charge < -0.3 is 4.90 Å². The van der Waals surface area contributed by atoms with Crippen molar-refractivity contribution < 1.29 is 4.79 Å². The zero-order valence-corrected chi connectivity index (χ0v) is 15.2. The fourth-order valence-corrected chi connectivity index (χ4v) is 3.87. The zero-order valence-electron chi connectivity index (χ0n) is 14.4. The fraction of sp³-hybridized carbons (Fsp3) is 0.500. The molecule has 2 aromatic rings. The van der Waals surface area contributed by atoms with Crippen LogP contribution in [0.15, 0.2) is 29.4 Å². The smallest absolute Gasteiger partial charge is 0.233 e. The topological polar surface area (TPSA) is 51.0 Å². The Morgan fingerprint density at radius 3 is 2.38 bits per heavy atom. The molecule has 0 N–H and O–H groups in total. The summed E-state index contributed by atoms with van der Waals surface area (Å²) in [6.45, 7) is 5.79. The second-order valence-electron chi connectivity index (χ2n) is 6.28. The van der Waals surface area contributed by atoms with Gasteiger partial charge in [-0.2, -0.15) is 0 Å². The van der Waals surface area contributed by atoms with E-state index in [1.807, 2.05) is 16.4 Å². The molecule has 1 aromatic carbocycles. The third-order valence-electron chi connectivity index (χ3n) is 4.37. The Morgan fingerprint density at radius 1 is 1.04 bits per heavy atom. The Bertz CT molecular complexity index is 688. The van der Waals surface area contributed by atoms with Crippen molar-refractivity contribution in [2.45, 2.75) is 44.7 Å². The average molecular weight is 344 g/mol. The van der Waals surface area contributed by atoms with Crippen molar-refractivity contribution in [3.05, 3.63) is 35.7 Å². The first-order chi connectivity index (χ1) is 11.6. The summed E-state index contributed by atoms with van der Waals surface area (Å²) < 4.78 is 2.01. The van der Waals surface area contributed by atoms with E-state index in [0.717, 1.165) is 42.6 Å². The van der Waals surface area contributed by atoms with E-state index in [1.165, 1.54) is 30.2 Å². The van der Waals surface area contributed by atoms with Crippen LogP contribution in [0.3, 0.4) is 0 Å². The number of amides is 1. The van der Waals surface area contributed by atoms with Crippen LogP contribution in [-0.4, -0.2) is 44.4 Å². The summed E-state index contributed by atoms with van der Waals surface area (Å²) in [6.07, 6.45) is 4.71. The van der Waals surface area contributed by atoms with Gasteiger partial charge in [0, 0.05) is 18.8 Å². The number of benzene rings is 1. The molecule has 128 valence electrons. The monoisotopic (exact) mass is 344 g/mol. The molecule has 0 unspecified atom stereocenters. The van der Waals surface area contributed by atoms with Gasteiger partial charge >= 0.3 is 0 Å². The van der Waals surface area contributed by atoms with Crippen molar-refractivity contribution >= 4 is 17.7 Å². The van der Waals surface area contributed by atoms with Gasteiger partial charge in [0.15, 0.2) is 5.16 Å². The standard InChI is InChI=1S/C18H24N4OS/c1-14-7-9-16(10-8-14)22-15(2)19-20-18(22)24-13-17(23)21-11-5-3-4-6-12-21/h7-10H,3-6,11-13H2,1-2H3. The predicted octanol–water partition coefficient (Wildman–Crippen LogP) is 3.38. The lowest BCUT2D eigenvalue weighted by Gasteiger charge is -2.19. The molecule has 24 heavy (non-hydrogen) atoms. The van der Waals surface area contributed by atoms with Crippen LogP contribution < -0.4 is 0 Å². The molecule has 0 spiro atoms. The van der Waals surface area contributed by atoms with Gasteiger partial charge in [-0.1, -0.05) is 42.3 Å². The molecule has 6 heteroatoms. The van der Waals surface area contributed by atoms with Gasteiger partial charge in [-0.05, 0) is 38.8 Å². The van der Waals surface area contributed by atoms with Crippen LogP contribution in [-0.2, 0) is 4.79 Å². The first-order valence-corrected chi connectivity index (χ1v) is 9.53. The van der Waals surface area contributed by atoms with Crippen LogP contribution in [0.25, 0.3) is 5.69 Å². The summed E-state index contributed by atoms with van der Waals surface area (Å²) in [5.74, 6) is 1.46. The van der Waals surface area contributed by atoms with E-state index in [-0.39, 0.29) is 5.91 Å². The molecule has 0 radical (unpaired) electrons. The number of likely N-dealkylation sites (tertiary alicyclic amines) is 1. The minimum Gasteiger partial charge on any atom is -0.342 e. The van der Waals surface area contributed by atoms with Crippen molar-refractivity contribution in [3.8, 4) is 5.69 Å². The fourth-order valence-electron chi connectivity index (χ4n) is 2.97. The summed E-state index contributed by atoms with van der Waals surface area (Å²) >= 11 is 1.47. The number of rotatable bonds is 4. The average Bonchev–Trinajstić information content (AvgIpc) is 2.78. The molecule has 0 aliphatic carbocycles. The molecule has 1 amide bonds. The van der Waals surface area contributed by atoms with E-state index >= 15 is 0 Å². The summed E-state index contributed by atoms with van der Waals surface area (Å²) in [5.41, 5.74) is 2.25. The zero-order chi connectivity index (χ0) is 16.9. The summed E-state index contributed by atoms with van der Waals surface area (Å²) in [7, 11) is 0. The minimum absolute atomic E-state index is 0.206. The molecule has 2 heterocycles. The van der Waals surface area contributed by atoms with E-state index in [0.29, 0.717) is 5.75 Å². The van der Waals surface area contributed by atoms with E-state index in [2.05, 4.69) is 41.4 Å². The largest absolute Gasteiger partial charge is 0.342 e. The van der Waals surface area contributed by atoms with E-state index in [9.17, 15) is 4.79 Å². The van der Waals surface area contributed by atoms with Crippen molar-refractivity contribution in [2.75, 3.05) is 18.8 Å². The number of thioether (sulfide) groups is 1. The highest BCUT2D eigenvalue weighted by Gasteiger charge is 2.18. The highest BCUT2D eigenvalue weighted by Crippen LogP contribution is 2.23. The number of aryl methyl sites for hydroxylation is 2. The van der Waals surface area contributed by atoms with Crippen LogP contribution in [0.4, 0.5) is 0 Å². The molecule has 1 fully saturated rings. The Kier molecular flexibility index (Phi) is 5.56. The second-order valence-corrected chi connectivity index (χ2v) is 7.23. The van der Waals surface area contributed by atoms with E-state index in [1.54, 1.807) is 0 Å². The number of nitrogens with zero attached hydrogens (tertiary/aromatic N) is 4. The second kappa shape index (κ2) is 7.83. The van der Waals surface area contributed by atoms with Gasteiger partial charge in [0.1, 0.15) is 5.82 Å². The Labute approximate surface area is 147 Å². The van der Waals surface area contributed by atoms with Gasteiger partial charge in [0.2, 0.25) is 5.91 Å². The van der Waals surface area contributed by atoms with Crippen LogP contribution >= 0.6 is 11.8 Å². The normalized spacial score (nSPS) is 15.3. The molecule has 3 rings (SSSR count). The molecule has 1 aliphatic heterocycles. The molecule has 1 aromatic heterocycles. The van der Waals surface area contributed by atoms with Gasteiger partial charge in [-0.25, -0.2) is 0 Å². The maximum atomic E-state index is 12.5.